The molecule has 1 aliphatic heterocycles. The molecule has 0 unspecified atom stereocenters. The predicted molar refractivity (Wildman–Crippen MR) is 90.4 cm³/mol. The first-order valence-electron chi connectivity index (χ1n) is 8.24. The molecule has 4 heteroatoms. The molecule has 1 saturated heterocycles. The topological polar surface area (TPSA) is 24.9 Å². The number of nitrogens with zero attached hydrogens (tertiary/aromatic N) is 2. The van der Waals surface area contributed by atoms with Crippen molar-refractivity contribution in [2.75, 3.05) is 54.1 Å². The minimum absolute atomic E-state index is 0.816. The molecular weight excluding hydrogens is 276 g/mol. The van der Waals surface area contributed by atoms with Gasteiger partial charge in [-0.2, -0.15) is 0 Å². The molecule has 0 aromatic heterocycles. The van der Waals surface area contributed by atoms with Crippen molar-refractivity contribution >= 4 is 0 Å². The lowest BCUT2D eigenvalue weighted by Gasteiger charge is -2.34. The first-order chi connectivity index (χ1) is 10.7. The number of hydrogen-bond acceptors (Lipinski definition) is 4. The van der Waals surface area contributed by atoms with Gasteiger partial charge in [-0.1, -0.05) is 18.2 Å². The molecule has 124 valence electrons. The summed E-state index contributed by atoms with van der Waals surface area (Å²) in [6.07, 6.45) is 2.57. The van der Waals surface area contributed by atoms with E-state index in [-0.39, 0.29) is 0 Å². The average molecular weight is 306 g/mol. The Kier molecular flexibility index (Phi) is 7.16. The van der Waals surface area contributed by atoms with E-state index in [1.165, 1.54) is 38.0 Å². The normalized spacial score (nSPS) is 17.1. The summed E-state index contributed by atoms with van der Waals surface area (Å²) in [5.74, 6) is 1.82. The zero-order valence-corrected chi connectivity index (χ0v) is 14.3. The number of likely N-dealkylation sites (N-methyl/N-ethyl adjacent to an activating group) is 1. The second-order valence-corrected chi connectivity index (χ2v) is 6.29. The van der Waals surface area contributed by atoms with Gasteiger partial charge < -0.3 is 14.4 Å². The Morgan fingerprint density at radius 1 is 1.18 bits per heavy atom. The van der Waals surface area contributed by atoms with Crippen LogP contribution in [0.3, 0.4) is 0 Å². The molecule has 0 atom stereocenters. The highest BCUT2D eigenvalue weighted by Crippen LogP contribution is 2.23. The van der Waals surface area contributed by atoms with E-state index in [0.29, 0.717) is 0 Å². The Bertz CT molecular complexity index is 431. The maximum absolute atomic E-state index is 5.45. The molecule has 1 fully saturated rings. The molecule has 2 rings (SSSR count). The summed E-state index contributed by atoms with van der Waals surface area (Å²) in [6.45, 7) is 6.39. The fourth-order valence-corrected chi connectivity index (χ4v) is 3.18. The summed E-state index contributed by atoms with van der Waals surface area (Å²) < 4.78 is 10.6. The summed E-state index contributed by atoms with van der Waals surface area (Å²) in [5.41, 5.74) is 1.29. The minimum Gasteiger partial charge on any atom is -0.496 e. The van der Waals surface area contributed by atoms with E-state index in [4.69, 9.17) is 9.47 Å². The van der Waals surface area contributed by atoms with E-state index in [1.807, 2.05) is 12.1 Å². The molecule has 0 N–H and O–H groups in total. The highest BCUT2D eigenvalue weighted by atomic mass is 16.5. The van der Waals surface area contributed by atoms with Crippen LogP contribution in [0.2, 0.25) is 0 Å². The van der Waals surface area contributed by atoms with Crippen LogP contribution in [-0.4, -0.2) is 63.9 Å². The van der Waals surface area contributed by atoms with Crippen LogP contribution in [-0.2, 0) is 11.3 Å². The van der Waals surface area contributed by atoms with E-state index < -0.39 is 0 Å². The molecule has 0 radical (unpaired) electrons. The van der Waals surface area contributed by atoms with Crippen molar-refractivity contribution in [2.45, 2.75) is 19.4 Å². The van der Waals surface area contributed by atoms with Crippen molar-refractivity contribution in [1.82, 2.24) is 9.80 Å². The van der Waals surface area contributed by atoms with Gasteiger partial charge in [-0.05, 0) is 45.0 Å². The maximum Gasteiger partial charge on any atom is 0.123 e. The van der Waals surface area contributed by atoms with Crippen molar-refractivity contribution in [2.24, 2.45) is 5.92 Å². The van der Waals surface area contributed by atoms with Crippen LogP contribution < -0.4 is 4.74 Å². The molecule has 1 aromatic rings. The van der Waals surface area contributed by atoms with Crippen molar-refractivity contribution in [1.29, 1.82) is 0 Å². The van der Waals surface area contributed by atoms with E-state index in [2.05, 4.69) is 29.0 Å². The third-order valence-electron chi connectivity index (χ3n) is 4.54. The lowest BCUT2D eigenvalue weighted by atomic mass is 9.96. The summed E-state index contributed by atoms with van der Waals surface area (Å²) in [6, 6.07) is 8.34. The van der Waals surface area contributed by atoms with Gasteiger partial charge >= 0.3 is 0 Å². The van der Waals surface area contributed by atoms with Gasteiger partial charge in [0.05, 0.1) is 13.7 Å². The Balaban J connectivity index is 1.75. The van der Waals surface area contributed by atoms with Gasteiger partial charge in [0.15, 0.2) is 0 Å². The van der Waals surface area contributed by atoms with Crippen LogP contribution in [0, 0.1) is 5.92 Å². The lowest BCUT2D eigenvalue weighted by Crippen LogP contribution is -2.38. The molecule has 0 bridgehead atoms. The number of hydrogen-bond donors (Lipinski definition) is 0. The maximum atomic E-state index is 5.45. The Hall–Kier alpha value is -1.10. The quantitative estimate of drug-likeness (QED) is 0.737. The van der Waals surface area contributed by atoms with Crippen LogP contribution in [0.25, 0.3) is 0 Å². The predicted octanol–water partition coefficient (Wildman–Crippen LogP) is 2.49. The fourth-order valence-electron chi connectivity index (χ4n) is 3.18. The Morgan fingerprint density at radius 3 is 2.59 bits per heavy atom. The molecule has 0 aliphatic carbocycles. The molecule has 1 heterocycles. The zero-order chi connectivity index (χ0) is 15.8. The molecular formula is C18H30N2O2. The molecule has 0 saturated carbocycles. The van der Waals surface area contributed by atoms with Gasteiger partial charge in [-0.15, -0.1) is 0 Å². The van der Waals surface area contributed by atoms with E-state index in [9.17, 15) is 0 Å². The largest absolute Gasteiger partial charge is 0.496 e. The van der Waals surface area contributed by atoms with Gasteiger partial charge in [-0.25, -0.2) is 0 Å². The number of ether oxygens (including phenoxy) is 2. The second kappa shape index (κ2) is 9.13. The first kappa shape index (κ1) is 17.3. The number of rotatable bonds is 8. The minimum atomic E-state index is 0.816. The van der Waals surface area contributed by atoms with Crippen molar-refractivity contribution in [3.63, 3.8) is 0 Å². The molecule has 1 aliphatic rings. The summed E-state index contributed by atoms with van der Waals surface area (Å²) >= 11 is 0. The van der Waals surface area contributed by atoms with Crippen LogP contribution in [0.15, 0.2) is 24.3 Å². The Morgan fingerprint density at radius 2 is 1.91 bits per heavy atom. The SMILES string of the molecule is COCCN(C)CC1CCN(Cc2ccccc2OC)CC1. The van der Waals surface area contributed by atoms with Gasteiger partial charge in [0, 0.05) is 32.3 Å². The number of piperidine rings is 1. The van der Waals surface area contributed by atoms with Crippen molar-refractivity contribution < 1.29 is 9.47 Å². The third kappa shape index (κ3) is 5.27. The highest BCUT2D eigenvalue weighted by molar-refractivity contribution is 5.33. The van der Waals surface area contributed by atoms with Crippen LogP contribution in [0.4, 0.5) is 0 Å². The molecule has 0 amide bonds. The van der Waals surface area contributed by atoms with Crippen LogP contribution >= 0.6 is 0 Å². The van der Waals surface area contributed by atoms with E-state index in [0.717, 1.165) is 31.4 Å². The zero-order valence-electron chi connectivity index (χ0n) is 14.3. The number of likely N-dealkylation sites (tertiary alicyclic amines) is 1. The number of benzene rings is 1. The van der Waals surface area contributed by atoms with Crippen LogP contribution in [0.1, 0.15) is 18.4 Å². The molecule has 1 aromatic carbocycles. The van der Waals surface area contributed by atoms with Gasteiger partial charge in [-0.3, -0.25) is 4.90 Å². The monoisotopic (exact) mass is 306 g/mol. The third-order valence-corrected chi connectivity index (χ3v) is 4.54. The summed E-state index contributed by atoms with van der Waals surface area (Å²) in [4.78, 5) is 4.94. The van der Waals surface area contributed by atoms with Crippen molar-refractivity contribution in [3.05, 3.63) is 29.8 Å². The van der Waals surface area contributed by atoms with Crippen LogP contribution in [0.5, 0.6) is 5.75 Å². The summed E-state index contributed by atoms with van der Waals surface area (Å²) in [7, 11) is 5.71. The van der Waals surface area contributed by atoms with Gasteiger partial charge in [0.1, 0.15) is 5.75 Å². The average Bonchev–Trinajstić information content (AvgIpc) is 2.55. The smallest absolute Gasteiger partial charge is 0.123 e. The molecule has 22 heavy (non-hydrogen) atoms. The lowest BCUT2D eigenvalue weighted by molar-refractivity contribution is 0.123. The Labute approximate surface area is 135 Å². The first-order valence-corrected chi connectivity index (χ1v) is 8.24. The van der Waals surface area contributed by atoms with E-state index in [1.54, 1.807) is 14.2 Å². The molecule has 0 spiro atoms. The molecule has 4 nitrogen and oxygen atoms in total. The number of methoxy groups -OCH3 is 2. The summed E-state index contributed by atoms with van der Waals surface area (Å²) in [5, 5.41) is 0. The van der Waals surface area contributed by atoms with E-state index >= 15 is 0 Å². The van der Waals surface area contributed by atoms with Gasteiger partial charge in [0.25, 0.3) is 0 Å². The standard InChI is InChI=1S/C18H30N2O2/c1-19(12-13-21-2)14-16-8-10-20(11-9-16)15-17-6-4-5-7-18(17)22-3/h4-7,16H,8-15H2,1-3H3. The second-order valence-electron chi connectivity index (χ2n) is 6.29. The fraction of sp³-hybridized carbons (Fsp3) is 0.667. The number of para-hydroxylation sites is 1. The van der Waals surface area contributed by atoms with Gasteiger partial charge in [0.2, 0.25) is 0 Å². The highest BCUT2D eigenvalue weighted by Gasteiger charge is 2.21. The van der Waals surface area contributed by atoms with Crippen molar-refractivity contribution in [3.8, 4) is 5.75 Å².